The van der Waals surface area contributed by atoms with Crippen molar-refractivity contribution in [2.24, 2.45) is 0 Å². The fourth-order valence-corrected chi connectivity index (χ4v) is 5.66. The Morgan fingerprint density at radius 3 is 2.40 bits per heavy atom. The van der Waals surface area contributed by atoms with Crippen molar-refractivity contribution in [3.63, 3.8) is 0 Å². The summed E-state index contributed by atoms with van der Waals surface area (Å²) in [6.07, 6.45) is 1.87. The van der Waals surface area contributed by atoms with E-state index in [1.807, 2.05) is 18.2 Å². The van der Waals surface area contributed by atoms with Gasteiger partial charge in [-0.15, -0.1) is 0 Å². The van der Waals surface area contributed by atoms with Crippen LogP contribution < -0.4 is 19.7 Å². The van der Waals surface area contributed by atoms with E-state index in [4.69, 9.17) is 33.2 Å². The number of aliphatic hydroxyl groups is 1. The molecule has 2 aromatic carbocycles. The molecule has 10 heteroatoms. The van der Waals surface area contributed by atoms with Crippen molar-refractivity contribution >= 4 is 5.69 Å². The number of nitrogens with zero attached hydrogens (tertiary/aromatic N) is 1. The molecular formula is C33H50N2O8. The van der Waals surface area contributed by atoms with Crippen molar-refractivity contribution < 1.29 is 38.3 Å². The number of hydrogen-bond acceptors (Lipinski definition) is 10. The Hall–Kier alpha value is -2.44. The molecule has 0 radical (unpaired) electrons. The number of fused-ring (bicyclic) bond motifs is 1. The maximum atomic E-state index is 10.3. The molecule has 2 aliphatic heterocycles. The molecule has 0 aromatic heterocycles. The third-order valence-electron chi connectivity index (χ3n) is 7.85. The highest BCUT2D eigenvalue weighted by atomic mass is 16.5. The van der Waals surface area contributed by atoms with E-state index in [2.05, 4.69) is 34.5 Å². The zero-order chi connectivity index (χ0) is 30.3. The van der Waals surface area contributed by atoms with Crippen LogP contribution in [-0.2, 0) is 30.3 Å². The highest BCUT2D eigenvalue weighted by Gasteiger charge is 2.36. The SMILES string of the molecule is COCCCCOc1ccc([C@@H]2[C@@H](OCc3ccc4c(c3)N(CCCOC)CCO4)CNC[C@H]2OC[C@H](O)COC)cc1. The number of rotatable bonds is 19. The van der Waals surface area contributed by atoms with Crippen LogP contribution in [0.5, 0.6) is 11.5 Å². The number of nitrogens with one attached hydrogen (secondary N) is 1. The third-order valence-corrected chi connectivity index (χ3v) is 7.85. The molecule has 0 saturated carbocycles. The first-order valence-corrected chi connectivity index (χ1v) is 15.4. The first kappa shape index (κ1) is 33.5. The van der Waals surface area contributed by atoms with Crippen LogP contribution in [0.15, 0.2) is 42.5 Å². The maximum absolute atomic E-state index is 10.3. The van der Waals surface area contributed by atoms with E-state index in [1.165, 1.54) is 0 Å². The summed E-state index contributed by atoms with van der Waals surface area (Å²) in [5.74, 6) is 1.72. The number of aliphatic hydroxyl groups excluding tert-OH is 1. The van der Waals surface area contributed by atoms with Gasteiger partial charge in [0.15, 0.2) is 0 Å². The van der Waals surface area contributed by atoms with E-state index < -0.39 is 6.10 Å². The number of ether oxygens (including phenoxy) is 7. The second-order valence-electron chi connectivity index (χ2n) is 11.1. The lowest BCUT2D eigenvalue weighted by Crippen LogP contribution is -2.51. The average Bonchev–Trinajstić information content (AvgIpc) is 3.03. The van der Waals surface area contributed by atoms with Gasteiger partial charge in [0.1, 0.15) is 24.2 Å². The Kier molecular flexibility index (Phi) is 14.3. The molecule has 2 heterocycles. The number of benzene rings is 2. The molecule has 2 aliphatic rings. The van der Waals surface area contributed by atoms with Crippen LogP contribution in [-0.4, -0.2) is 111 Å². The minimum atomic E-state index is -0.689. The van der Waals surface area contributed by atoms with Crippen molar-refractivity contribution in [3.05, 3.63) is 53.6 Å². The first-order chi connectivity index (χ1) is 21.1. The van der Waals surface area contributed by atoms with E-state index in [1.54, 1.807) is 21.3 Å². The highest BCUT2D eigenvalue weighted by molar-refractivity contribution is 5.61. The summed E-state index contributed by atoms with van der Waals surface area (Å²) >= 11 is 0. The number of anilines is 1. The molecule has 1 fully saturated rings. The van der Waals surface area contributed by atoms with Crippen molar-refractivity contribution in [2.75, 3.05) is 92.0 Å². The summed E-state index contributed by atoms with van der Waals surface area (Å²) in [7, 11) is 5.03. The van der Waals surface area contributed by atoms with E-state index in [0.717, 1.165) is 73.9 Å². The quantitative estimate of drug-likeness (QED) is 0.233. The normalized spacial score (nSPS) is 20.8. The molecule has 0 bridgehead atoms. The van der Waals surface area contributed by atoms with Gasteiger partial charge >= 0.3 is 0 Å². The van der Waals surface area contributed by atoms with E-state index in [-0.39, 0.29) is 31.3 Å². The molecule has 43 heavy (non-hydrogen) atoms. The van der Waals surface area contributed by atoms with Crippen LogP contribution in [0.25, 0.3) is 0 Å². The zero-order valence-electron chi connectivity index (χ0n) is 26.0. The predicted octanol–water partition coefficient (Wildman–Crippen LogP) is 3.39. The number of unbranched alkanes of at least 4 members (excludes halogenated alkanes) is 1. The number of piperidine rings is 1. The lowest BCUT2D eigenvalue weighted by Gasteiger charge is -2.39. The Labute approximate surface area is 256 Å². The molecule has 10 nitrogen and oxygen atoms in total. The van der Waals surface area contributed by atoms with Crippen LogP contribution in [0.3, 0.4) is 0 Å². The third kappa shape index (κ3) is 10.3. The van der Waals surface area contributed by atoms with Gasteiger partial charge in [-0.3, -0.25) is 0 Å². The summed E-state index contributed by atoms with van der Waals surface area (Å²) < 4.78 is 40.2. The van der Waals surface area contributed by atoms with Crippen molar-refractivity contribution in [1.82, 2.24) is 5.32 Å². The molecular weight excluding hydrogens is 552 g/mol. The molecule has 240 valence electrons. The minimum Gasteiger partial charge on any atom is -0.494 e. The Bertz CT molecular complexity index is 1060. The Balaban J connectivity index is 1.45. The van der Waals surface area contributed by atoms with Gasteiger partial charge in [-0.2, -0.15) is 0 Å². The average molecular weight is 603 g/mol. The first-order valence-electron chi connectivity index (χ1n) is 15.4. The molecule has 0 spiro atoms. The van der Waals surface area contributed by atoms with E-state index in [9.17, 15) is 5.11 Å². The minimum absolute atomic E-state index is 0.0294. The van der Waals surface area contributed by atoms with Gasteiger partial charge in [-0.25, -0.2) is 0 Å². The monoisotopic (exact) mass is 602 g/mol. The summed E-state index contributed by atoms with van der Waals surface area (Å²) in [5, 5.41) is 13.7. The summed E-state index contributed by atoms with van der Waals surface area (Å²) in [4.78, 5) is 2.36. The van der Waals surface area contributed by atoms with Crippen LogP contribution in [0.2, 0.25) is 0 Å². The molecule has 0 unspecified atom stereocenters. The lowest BCUT2D eigenvalue weighted by molar-refractivity contribution is -0.0856. The van der Waals surface area contributed by atoms with Crippen LogP contribution >= 0.6 is 0 Å². The van der Waals surface area contributed by atoms with Gasteiger partial charge in [0, 0.05) is 60.1 Å². The standard InChI is InChI=1S/C33H50N2O8/c1-37-15-4-5-17-40-28-10-8-26(9-11-28)33-31(20-34-21-32(33)43-24-27(36)23-39-3)42-22-25-7-12-30-29(19-25)35(14-18-41-30)13-6-16-38-2/h7-12,19,27,31-34,36H,4-6,13-18,20-24H2,1-3H3/t27-,31+,32-,33-/m1/s1. The molecule has 4 rings (SSSR count). The van der Waals surface area contributed by atoms with Gasteiger partial charge in [-0.05, 0) is 54.7 Å². The Morgan fingerprint density at radius 2 is 1.63 bits per heavy atom. The van der Waals surface area contributed by atoms with Gasteiger partial charge in [0.05, 0.1) is 50.9 Å². The fourth-order valence-electron chi connectivity index (χ4n) is 5.66. The van der Waals surface area contributed by atoms with Crippen LogP contribution in [0.4, 0.5) is 5.69 Å². The van der Waals surface area contributed by atoms with Gasteiger partial charge in [0.25, 0.3) is 0 Å². The van der Waals surface area contributed by atoms with Crippen molar-refractivity contribution in [2.45, 2.75) is 50.1 Å². The van der Waals surface area contributed by atoms with Gasteiger partial charge in [-0.1, -0.05) is 18.2 Å². The largest absolute Gasteiger partial charge is 0.494 e. The zero-order valence-corrected chi connectivity index (χ0v) is 26.0. The van der Waals surface area contributed by atoms with Crippen molar-refractivity contribution in [3.8, 4) is 11.5 Å². The summed E-state index contributed by atoms with van der Waals surface area (Å²) in [6.45, 7) is 6.83. The summed E-state index contributed by atoms with van der Waals surface area (Å²) in [6, 6.07) is 14.5. The fraction of sp³-hybridized carbons (Fsp3) is 0.636. The topological polar surface area (TPSA) is 100 Å². The van der Waals surface area contributed by atoms with E-state index >= 15 is 0 Å². The molecule has 1 saturated heterocycles. The van der Waals surface area contributed by atoms with Crippen molar-refractivity contribution in [1.29, 1.82) is 0 Å². The molecule has 2 aromatic rings. The highest BCUT2D eigenvalue weighted by Crippen LogP contribution is 2.35. The lowest BCUT2D eigenvalue weighted by atomic mass is 9.85. The molecule has 2 N–H and O–H groups in total. The number of methoxy groups -OCH3 is 3. The van der Waals surface area contributed by atoms with Gasteiger partial charge < -0.3 is 48.5 Å². The summed E-state index contributed by atoms with van der Waals surface area (Å²) in [5.41, 5.74) is 3.32. The molecule has 4 atom stereocenters. The second-order valence-corrected chi connectivity index (χ2v) is 11.1. The predicted molar refractivity (Wildman–Crippen MR) is 166 cm³/mol. The molecule has 0 amide bonds. The molecule has 0 aliphatic carbocycles. The number of hydrogen-bond donors (Lipinski definition) is 2. The van der Waals surface area contributed by atoms with E-state index in [0.29, 0.717) is 32.9 Å². The van der Waals surface area contributed by atoms with Crippen LogP contribution in [0, 0.1) is 0 Å². The second kappa shape index (κ2) is 18.4. The smallest absolute Gasteiger partial charge is 0.142 e. The maximum Gasteiger partial charge on any atom is 0.142 e. The van der Waals surface area contributed by atoms with Crippen LogP contribution in [0.1, 0.15) is 36.3 Å². The Morgan fingerprint density at radius 1 is 0.884 bits per heavy atom. The van der Waals surface area contributed by atoms with Gasteiger partial charge in [0.2, 0.25) is 0 Å².